The molecule has 0 aliphatic carbocycles. The van der Waals surface area contributed by atoms with Crippen molar-refractivity contribution in [2.45, 2.75) is 19.3 Å². The van der Waals surface area contributed by atoms with E-state index in [9.17, 15) is 4.79 Å². The average Bonchev–Trinajstić information content (AvgIpc) is 3.15. The molecule has 0 spiro atoms. The van der Waals surface area contributed by atoms with Crippen LogP contribution in [-0.4, -0.2) is 68.3 Å². The van der Waals surface area contributed by atoms with Gasteiger partial charge >= 0.3 is 0 Å². The summed E-state index contributed by atoms with van der Waals surface area (Å²) in [5.41, 5.74) is 0. The van der Waals surface area contributed by atoms with E-state index >= 15 is 0 Å². The number of hydrogen-bond acceptors (Lipinski definition) is 4. The number of amides is 1. The molecule has 1 amide bonds. The highest BCUT2D eigenvalue weighted by atomic mass is 35.5. The molecule has 1 unspecified atom stereocenters. The Hall–Kier alpha value is -1.30. The minimum Gasteiger partial charge on any atom is -0.491 e. The summed E-state index contributed by atoms with van der Waals surface area (Å²) >= 11 is 6.09. The van der Waals surface area contributed by atoms with Gasteiger partial charge in [-0.1, -0.05) is 23.7 Å². The highest BCUT2D eigenvalue weighted by molar-refractivity contribution is 6.32. The highest BCUT2D eigenvalue weighted by Crippen LogP contribution is 2.23. The van der Waals surface area contributed by atoms with Gasteiger partial charge in [0.2, 0.25) is 5.91 Å². The van der Waals surface area contributed by atoms with Crippen LogP contribution in [0.2, 0.25) is 5.02 Å². The molecule has 2 aliphatic rings. The molecule has 1 atom stereocenters. The van der Waals surface area contributed by atoms with Crippen molar-refractivity contribution in [3.8, 4) is 5.75 Å². The summed E-state index contributed by atoms with van der Waals surface area (Å²) in [6.07, 6.45) is 2.72. The van der Waals surface area contributed by atoms with Crippen LogP contribution in [0.5, 0.6) is 5.75 Å². The highest BCUT2D eigenvalue weighted by Gasteiger charge is 2.23. The van der Waals surface area contributed by atoms with E-state index in [2.05, 4.69) is 4.90 Å². The van der Waals surface area contributed by atoms with Crippen molar-refractivity contribution < 1.29 is 14.3 Å². The van der Waals surface area contributed by atoms with Gasteiger partial charge in [-0.15, -0.1) is 0 Å². The molecular formula is C19H27ClN2O3. The van der Waals surface area contributed by atoms with E-state index in [4.69, 9.17) is 21.1 Å². The zero-order valence-electron chi connectivity index (χ0n) is 14.7. The third-order valence-corrected chi connectivity index (χ3v) is 5.33. The lowest BCUT2D eigenvalue weighted by atomic mass is 10.0. The summed E-state index contributed by atoms with van der Waals surface area (Å²) in [4.78, 5) is 16.7. The van der Waals surface area contributed by atoms with Crippen molar-refractivity contribution >= 4 is 17.5 Å². The minimum atomic E-state index is 0.291. The Labute approximate surface area is 154 Å². The lowest BCUT2D eigenvalue weighted by Crippen LogP contribution is -2.49. The first-order chi connectivity index (χ1) is 12.2. The van der Waals surface area contributed by atoms with E-state index < -0.39 is 0 Å². The average molecular weight is 367 g/mol. The molecule has 6 heteroatoms. The second kappa shape index (κ2) is 9.41. The van der Waals surface area contributed by atoms with Gasteiger partial charge in [-0.3, -0.25) is 9.69 Å². The normalized spacial score (nSPS) is 21.5. The molecule has 2 fully saturated rings. The molecule has 0 bridgehead atoms. The molecule has 0 N–H and O–H groups in total. The summed E-state index contributed by atoms with van der Waals surface area (Å²) in [5, 5.41) is 0.644. The van der Waals surface area contributed by atoms with Crippen molar-refractivity contribution in [1.29, 1.82) is 0 Å². The standard InChI is InChI=1S/C19H27ClN2O3/c20-17-3-1-2-4-18(17)25-14-12-21-8-10-22(11-9-21)19(23)6-5-16-7-13-24-15-16/h1-4,16H,5-15H2. The van der Waals surface area contributed by atoms with E-state index in [1.54, 1.807) is 0 Å². The van der Waals surface area contributed by atoms with Gasteiger partial charge < -0.3 is 14.4 Å². The topological polar surface area (TPSA) is 42.0 Å². The molecule has 1 aromatic carbocycles. The molecule has 5 nitrogen and oxygen atoms in total. The first-order valence-electron chi connectivity index (χ1n) is 9.17. The Morgan fingerprint density at radius 1 is 1.24 bits per heavy atom. The van der Waals surface area contributed by atoms with Crippen LogP contribution < -0.4 is 4.74 Å². The van der Waals surface area contributed by atoms with Gasteiger partial charge in [0.25, 0.3) is 0 Å². The third-order valence-electron chi connectivity index (χ3n) is 5.02. The smallest absolute Gasteiger partial charge is 0.222 e. The monoisotopic (exact) mass is 366 g/mol. The van der Waals surface area contributed by atoms with Gasteiger partial charge in [-0.2, -0.15) is 0 Å². The van der Waals surface area contributed by atoms with Gasteiger partial charge in [0.05, 0.1) is 5.02 Å². The molecule has 0 radical (unpaired) electrons. The fourth-order valence-electron chi connectivity index (χ4n) is 3.36. The molecule has 2 aliphatic heterocycles. The third kappa shape index (κ3) is 5.59. The van der Waals surface area contributed by atoms with Crippen LogP contribution in [0.3, 0.4) is 0 Å². The Balaban J connectivity index is 1.31. The number of piperazine rings is 1. The maximum Gasteiger partial charge on any atom is 0.222 e. The predicted molar refractivity (Wildman–Crippen MR) is 98.1 cm³/mol. The Morgan fingerprint density at radius 3 is 2.76 bits per heavy atom. The van der Waals surface area contributed by atoms with Crippen LogP contribution in [0.25, 0.3) is 0 Å². The molecular weight excluding hydrogens is 340 g/mol. The summed E-state index contributed by atoms with van der Waals surface area (Å²) in [5.74, 6) is 1.60. The molecule has 25 heavy (non-hydrogen) atoms. The lowest BCUT2D eigenvalue weighted by molar-refractivity contribution is -0.133. The Bertz CT molecular complexity index is 555. The minimum absolute atomic E-state index is 0.291. The quantitative estimate of drug-likeness (QED) is 0.744. The largest absolute Gasteiger partial charge is 0.491 e. The predicted octanol–water partition coefficient (Wildman–Crippen LogP) is 2.68. The summed E-state index contributed by atoms with van der Waals surface area (Å²) in [6, 6.07) is 7.53. The van der Waals surface area contributed by atoms with Gasteiger partial charge in [0.15, 0.2) is 0 Å². The van der Waals surface area contributed by atoms with Crippen molar-refractivity contribution in [3.63, 3.8) is 0 Å². The number of carbonyl (C=O) groups is 1. The number of rotatable bonds is 7. The molecule has 0 saturated carbocycles. The fraction of sp³-hybridized carbons (Fsp3) is 0.632. The van der Waals surface area contributed by atoms with Crippen LogP contribution in [0.4, 0.5) is 0 Å². The number of halogens is 1. The van der Waals surface area contributed by atoms with Gasteiger partial charge in [-0.25, -0.2) is 0 Å². The van der Waals surface area contributed by atoms with Crippen molar-refractivity contribution in [1.82, 2.24) is 9.80 Å². The maximum atomic E-state index is 12.3. The van der Waals surface area contributed by atoms with E-state index in [-0.39, 0.29) is 0 Å². The first-order valence-corrected chi connectivity index (χ1v) is 9.55. The van der Waals surface area contributed by atoms with Gasteiger partial charge in [0, 0.05) is 52.4 Å². The van der Waals surface area contributed by atoms with Crippen LogP contribution in [-0.2, 0) is 9.53 Å². The summed E-state index contributed by atoms with van der Waals surface area (Å²) in [6.45, 7) is 6.58. The molecule has 0 aromatic heterocycles. The van der Waals surface area contributed by atoms with Crippen molar-refractivity contribution in [2.24, 2.45) is 5.92 Å². The number of carbonyl (C=O) groups excluding carboxylic acids is 1. The maximum absolute atomic E-state index is 12.3. The molecule has 2 heterocycles. The van der Waals surface area contributed by atoms with E-state index in [0.717, 1.165) is 64.5 Å². The first kappa shape index (κ1) is 18.5. The SMILES string of the molecule is O=C(CCC1CCOC1)N1CCN(CCOc2ccccc2Cl)CC1. The fourth-order valence-corrected chi connectivity index (χ4v) is 3.55. The summed E-state index contributed by atoms with van der Waals surface area (Å²) in [7, 11) is 0. The second-order valence-electron chi connectivity index (χ2n) is 6.77. The molecule has 2 saturated heterocycles. The number of para-hydroxylation sites is 1. The van der Waals surface area contributed by atoms with Crippen molar-refractivity contribution in [3.05, 3.63) is 29.3 Å². The zero-order valence-corrected chi connectivity index (χ0v) is 15.4. The van der Waals surface area contributed by atoms with E-state index in [1.165, 1.54) is 0 Å². The zero-order chi connectivity index (χ0) is 17.5. The van der Waals surface area contributed by atoms with Crippen molar-refractivity contribution in [2.75, 3.05) is 52.5 Å². The van der Waals surface area contributed by atoms with Crippen LogP contribution in [0.15, 0.2) is 24.3 Å². The van der Waals surface area contributed by atoms with E-state index in [0.29, 0.717) is 29.9 Å². The second-order valence-corrected chi connectivity index (χ2v) is 7.18. The van der Waals surface area contributed by atoms with Gasteiger partial charge in [0.1, 0.15) is 12.4 Å². The van der Waals surface area contributed by atoms with Gasteiger partial charge in [-0.05, 0) is 30.9 Å². The Morgan fingerprint density at radius 2 is 2.04 bits per heavy atom. The summed E-state index contributed by atoms with van der Waals surface area (Å²) < 4.78 is 11.1. The van der Waals surface area contributed by atoms with Crippen LogP contribution in [0, 0.1) is 5.92 Å². The molecule has 138 valence electrons. The Kier molecular flexibility index (Phi) is 6.96. The number of nitrogens with zero attached hydrogens (tertiary/aromatic N) is 2. The number of hydrogen-bond donors (Lipinski definition) is 0. The van der Waals surface area contributed by atoms with E-state index in [1.807, 2.05) is 29.2 Å². The molecule has 3 rings (SSSR count). The lowest BCUT2D eigenvalue weighted by Gasteiger charge is -2.34. The number of benzene rings is 1. The van der Waals surface area contributed by atoms with Crippen LogP contribution in [0.1, 0.15) is 19.3 Å². The number of ether oxygens (including phenoxy) is 2. The van der Waals surface area contributed by atoms with Crippen LogP contribution >= 0.6 is 11.6 Å². The molecule has 1 aromatic rings.